The number of aryl methyl sites for hydroxylation is 1. The first-order valence-electron chi connectivity index (χ1n) is 53.0. The molecule has 6 aromatic carbocycles. The number of hydrogen-bond acceptors (Lipinski definition) is 29. The maximum absolute atomic E-state index is 10.6. The predicted octanol–water partition coefficient (Wildman–Crippen LogP) is 12.6. The van der Waals surface area contributed by atoms with Crippen LogP contribution in [0.4, 0.5) is 0 Å². The molecule has 0 radical (unpaired) electrons. The Morgan fingerprint density at radius 3 is 1.06 bits per heavy atom. The maximum Gasteiger partial charge on any atom is 0.127 e. The minimum atomic E-state index is -0.518. The highest BCUT2D eigenvalue weighted by Gasteiger charge is 2.25. The minimum absolute atomic E-state index is 0.271. The molecule has 792 valence electrons. The quantitative estimate of drug-likeness (QED) is 0.0159. The lowest BCUT2D eigenvalue weighted by Gasteiger charge is -2.34. The van der Waals surface area contributed by atoms with E-state index >= 15 is 0 Å². The molecule has 0 bridgehead atoms. The van der Waals surface area contributed by atoms with Crippen molar-refractivity contribution in [2.45, 2.75) is 206 Å². The number of rotatable bonds is 58. The molecule has 5 aliphatic rings. The summed E-state index contributed by atoms with van der Waals surface area (Å²) in [5, 5.41) is 69.5. The molecular weight excluding hydrogens is 1800 g/mol. The maximum atomic E-state index is 10.6. The first kappa shape index (κ1) is 119. The highest BCUT2D eigenvalue weighted by molar-refractivity contribution is 7.98. The molecule has 12 rings (SSSR count). The molecule has 29 nitrogen and oxygen atoms in total. The zero-order valence-corrected chi connectivity index (χ0v) is 88.7. The van der Waals surface area contributed by atoms with Gasteiger partial charge >= 0.3 is 0 Å². The van der Waals surface area contributed by atoms with Crippen LogP contribution in [0.25, 0.3) is 0 Å². The second-order valence-corrected chi connectivity index (χ2v) is 39.1. The van der Waals surface area contributed by atoms with Crippen LogP contribution in [-0.2, 0) is 45.7 Å². The van der Waals surface area contributed by atoms with Gasteiger partial charge in [0.1, 0.15) is 115 Å². The number of hydrogen-bond donors (Lipinski definition) is 10. The fourth-order valence-corrected chi connectivity index (χ4v) is 17.9. The van der Waals surface area contributed by atoms with Gasteiger partial charge in [-0.3, -0.25) is 14.7 Å². The van der Waals surface area contributed by atoms with Gasteiger partial charge in [-0.15, -0.1) is 0 Å². The van der Waals surface area contributed by atoms with E-state index in [1.165, 1.54) is 114 Å². The van der Waals surface area contributed by atoms with Gasteiger partial charge in [-0.25, -0.2) is 4.98 Å². The summed E-state index contributed by atoms with van der Waals surface area (Å²) in [4.78, 5) is 22.8. The number of likely N-dealkylation sites (N-methyl/N-ethyl adjacent to an activating group) is 3. The molecule has 6 heterocycles. The molecule has 30 heteroatoms. The van der Waals surface area contributed by atoms with Crippen LogP contribution >= 0.6 is 11.8 Å². The average molecular weight is 1980 g/mol. The number of likely N-dealkylation sites (tertiary alicyclic amines) is 2. The van der Waals surface area contributed by atoms with E-state index in [1.54, 1.807) is 34.6 Å². The highest BCUT2D eigenvalue weighted by atomic mass is 32.2. The Balaban J connectivity index is 0.000000216. The normalized spacial score (nSPS) is 16.8. The summed E-state index contributed by atoms with van der Waals surface area (Å²) >= 11 is 1.85. The lowest BCUT2D eigenvalue weighted by Crippen LogP contribution is -2.49. The predicted molar refractivity (Wildman–Crippen MR) is 574 cm³/mol. The zero-order chi connectivity index (χ0) is 100. The number of piperazine rings is 3. The summed E-state index contributed by atoms with van der Waals surface area (Å²) < 4.78 is 53.3. The van der Waals surface area contributed by atoms with Crippen LogP contribution in [0.3, 0.4) is 0 Å². The summed E-state index contributed by atoms with van der Waals surface area (Å²) in [6.45, 7) is 38.9. The van der Waals surface area contributed by atoms with Gasteiger partial charge in [0, 0.05) is 222 Å². The number of unbranched alkanes of at least 4 members (excludes halogenated alkanes) is 4. The largest absolute Gasteiger partial charge is 0.497 e. The Hall–Kier alpha value is -7.64. The van der Waals surface area contributed by atoms with Crippen molar-refractivity contribution in [3.8, 4) is 51.7 Å². The van der Waals surface area contributed by atoms with E-state index in [1.807, 2.05) is 115 Å². The van der Waals surface area contributed by atoms with Crippen LogP contribution in [0.15, 0.2) is 146 Å². The molecular formula is C111H183N15O14S. The minimum Gasteiger partial charge on any atom is -0.497 e. The van der Waals surface area contributed by atoms with Gasteiger partial charge in [0.05, 0.1) is 34.8 Å². The van der Waals surface area contributed by atoms with Crippen molar-refractivity contribution in [3.05, 3.63) is 179 Å². The Bertz CT molecular complexity index is 4260. The molecule has 5 fully saturated rings. The third-order valence-corrected chi connectivity index (χ3v) is 26.9. The zero-order valence-electron chi connectivity index (χ0n) is 87.8. The summed E-state index contributed by atoms with van der Waals surface area (Å²) in [7, 11) is 10.9. The fourth-order valence-electron chi connectivity index (χ4n) is 17.5. The first-order valence-corrected chi connectivity index (χ1v) is 54.4. The van der Waals surface area contributed by atoms with E-state index < -0.39 is 30.5 Å². The first-order chi connectivity index (χ1) is 68.9. The molecule has 0 aliphatic carbocycles. The van der Waals surface area contributed by atoms with Gasteiger partial charge in [0.15, 0.2) is 0 Å². The van der Waals surface area contributed by atoms with Crippen LogP contribution < -0.4 is 69.2 Å². The van der Waals surface area contributed by atoms with Crippen molar-refractivity contribution in [2.75, 3.05) is 264 Å². The molecule has 5 atom stereocenters. The lowest BCUT2D eigenvalue weighted by atomic mass is 10.1. The van der Waals surface area contributed by atoms with Gasteiger partial charge in [0.2, 0.25) is 0 Å². The highest BCUT2D eigenvalue weighted by Crippen LogP contribution is 2.31. The molecule has 5 aliphatic heterocycles. The van der Waals surface area contributed by atoms with E-state index in [0.29, 0.717) is 72.2 Å². The second-order valence-electron chi connectivity index (χ2n) is 38.1. The Labute approximate surface area is 852 Å². The van der Waals surface area contributed by atoms with Gasteiger partial charge < -0.3 is 124 Å². The number of nitrogens with zero attached hydrogens (tertiary/aromatic N) is 10. The Morgan fingerprint density at radius 2 is 0.688 bits per heavy atom. The molecule has 0 saturated carbocycles. The van der Waals surface area contributed by atoms with Gasteiger partial charge in [0.25, 0.3) is 0 Å². The van der Waals surface area contributed by atoms with E-state index in [2.05, 4.69) is 153 Å². The number of imidazole rings is 1. The van der Waals surface area contributed by atoms with Crippen molar-refractivity contribution < 1.29 is 68.2 Å². The molecule has 7 aromatic rings. The Kier molecular flexibility index (Phi) is 61.8. The van der Waals surface area contributed by atoms with E-state index in [4.69, 9.17) is 42.6 Å². The second kappa shape index (κ2) is 73.4. The van der Waals surface area contributed by atoms with Crippen molar-refractivity contribution in [1.82, 2.24) is 75.3 Å². The van der Waals surface area contributed by atoms with Crippen molar-refractivity contribution in [1.29, 1.82) is 0 Å². The van der Waals surface area contributed by atoms with Crippen LogP contribution in [0.5, 0.6) is 51.7 Å². The summed E-state index contributed by atoms with van der Waals surface area (Å²) in [5.41, 5.74) is 6.88. The van der Waals surface area contributed by atoms with Gasteiger partial charge in [-0.05, 0) is 178 Å². The van der Waals surface area contributed by atoms with Gasteiger partial charge in [-0.2, -0.15) is 11.8 Å². The van der Waals surface area contributed by atoms with Crippen LogP contribution in [0.2, 0.25) is 0 Å². The number of nitrogens with one attached hydrogen (secondary N) is 5. The number of benzene rings is 6. The van der Waals surface area contributed by atoms with Crippen molar-refractivity contribution >= 4 is 11.8 Å². The monoisotopic (exact) mass is 1980 g/mol. The smallest absolute Gasteiger partial charge is 0.127 e. The van der Waals surface area contributed by atoms with Crippen LogP contribution in [-0.4, -0.2) is 369 Å². The lowest BCUT2D eigenvalue weighted by molar-refractivity contribution is 0.0471. The van der Waals surface area contributed by atoms with E-state index in [-0.39, 0.29) is 6.61 Å². The van der Waals surface area contributed by atoms with E-state index in [0.717, 1.165) is 263 Å². The number of methoxy groups -OCH3 is 4. The number of aliphatic hydroxyl groups excluding tert-OH is 5. The molecule has 1 aromatic heterocycles. The SMILES string of the molecule is CCCCCNCc1ccc(OC)cc1OCC(O)CN1CCCCCCC1.CCCCCNCc1ccc(OC)cc1OCC(O)CN1CCN(C)CC1.CCN1CCN(CC(O)COc2cccc(CNCCSC)c2)CC1.COc1ccc(CNCCCn2ccnc2)c(OCC(O)CN2CCN(C)CC2)c1.COc1ccc(CNCCc2ccccc2)c(OCC(O)CN2CCCCCCC2)c1. The molecule has 5 unspecified atom stereocenters. The van der Waals surface area contributed by atoms with Gasteiger partial charge in [-0.1, -0.05) is 152 Å². The fraction of sp³-hybridized carbons (Fsp3) is 0.649. The third-order valence-electron chi connectivity index (χ3n) is 26.3. The van der Waals surface area contributed by atoms with Crippen LogP contribution in [0, 0.1) is 0 Å². The van der Waals surface area contributed by atoms with Crippen LogP contribution in [0.1, 0.15) is 163 Å². The summed E-state index contributed by atoms with van der Waals surface area (Å²) in [6.07, 6.45) is 27.5. The number of thioether (sulfide) groups is 1. The van der Waals surface area contributed by atoms with Crippen molar-refractivity contribution in [3.63, 3.8) is 0 Å². The number of aromatic nitrogens is 2. The Morgan fingerprint density at radius 1 is 0.340 bits per heavy atom. The summed E-state index contributed by atoms with van der Waals surface area (Å²) in [6, 6.07) is 42.2. The molecule has 0 amide bonds. The van der Waals surface area contributed by atoms with E-state index in [9.17, 15) is 25.5 Å². The molecule has 0 spiro atoms. The summed E-state index contributed by atoms with van der Waals surface area (Å²) in [5.74, 6) is 8.14. The molecule has 141 heavy (non-hydrogen) atoms. The number of ether oxygens (including phenoxy) is 9. The molecule has 5 saturated heterocycles. The molecule has 10 N–H and O–H groups in total. The average Bonchev–Trinajstić information content (AvgIpc) is 1.05. The number of aliphatic hydroxyl groups is 5. The van der Waals surface area contributed by atoms with Crippen molar-refractivity contribution in [2.24, 2.45) is 0 Å². The standard InChI is InChI=1S/C26H38N2O3.C23H40N2O3.C22H35N5O3.C21H37N3O3.C19H33N3O2S/c1-30-25-13-12-23(19-27-15-14-22-10-6-5-7-11-22)26(18-25)31-21-24(29)20-28-16-8-3-2-4-9-17-28;1-3-4-8-13-24-17-20-11-12-22(27-2)16-23(20)28-19-21(26)18-25-14-9-6-5-7-10-15-25;1-25-10-12-26(13-11-25)16-20(28)17-30-22-14-21(29-2)5-4-19(22)15-23-6-3-8-27-9-7-24-18-27;1-4-5-6-9-22-15-18-7-8-20(26-3)14-21(18)27-17-19(25)16-24-12-10-23(2)11-13-24;1-3-21-8-10-22(11-9-21)15-18(23)16-24-19-6-4-5-17(13-19)14-20-7-12-25-2/h5-7,10-13,18,24,27,29H,2-4,8-9,14-17,19-21H2,1H3;11-12,16,21,24,26H,3-10,13-15,17-19H2,1-2H3;4-5,7,9,14,18,20,23,28H,3,6,8,10-13,15-17H2,1-2H3;7-8,14,19,22,25H,4-6,9-13,15-17H2,1-3H3;4-6,13,18,20,23H,3,7-12,14-16H2,1-2H3. The topological polar surface area (TPSA) is 288 Å². The third kappa shape index (κ3) is 51.3. The number of β-amino-alcohol motifs (C(OH)–C–C–N with tert-alkyl or cyclic N) is 5.